The Morgan fingerprint density at radius 2 is 2.04 bits per heavy atom. The Kier molecular flexibility index (Phi) is 4.75. The van der Waals surface area contributed by atoms with Gasteiger partial charge in [0.2, 0.25) is 0 Å². The SMILES string of the molecule is O=C1NC(=S)S/C1=C\c1ccc(Sc2cccc(C(F)(F)F)c2)o1. The predicted molar refractivity (Wildman–Crippen MR) is 90.6 cm³/mol. The molecular formula is C15H8F3NO2S3. The summed E-state index contributed by atoms with van der Waals surface area (Å²) in [5.41, 5.74) is -0.714. The Morgan fingerprint density at radius 3 is 2.71 bits per heavy atom. The Morgan fingerprint density at radius 1 is 1.25 bits per heavy atom. The van der Waals surface area contributed by atoms with Gasteiger partial charge in [-0.15, -0.1) is 0 Å². The van der Waals surface area contributed by atoms with E-state index in [4.69, 9.17) is 16.6 Å². The molecule has 0 aliphatic carbocycles. The van der Waals surface area contributed by atoms with Crippen LogP contribution in [0.5, 0.6) is 0 Å². The quantitative estimate of drug-likeness (QED) is 0.597. The third kappa shape index (κ3) is 4.03. The van der Waals surface area contributed by atoms with E-state index >= 15 is 0 Å². The number of rotatable bonds is 3. The van der Waals surface area contributed by atoms with Crippen molar-refractivity contribution in [3.05, 3.63) is 52.6 Å². The minimum Gasteiger partial charge on any atom is -0.450 e. The number of amides is 1. The molecule has 1 aromatic heterocycles. The van der Waals surface area contributed by atoms with Gasteiger partial charge in [0.15, 0.2) is 5.09 Å². The Hall–Kier alpha value is -1.71. The van der Waals surface area contributed by atoms with Crippen molar-refractivity contribution in [2.24, 2.45) is 0 Å². The largest absolute Gasteiger partial charge is 0.450 e. The lowest BCUT2D eigenvalue weighted by molar-refractivity contribution is -0.137. The molecule has 124 valence electrons. The maximum atomic E-state index is 12.7. The summed E-state index contributed by atoms with van der Waals surface area (Å²) in [6, 6.07) is 8.26. The highest BCUT2D eigenvalue weighted by molar-refractivity contribution is 8.26. The number of carbonyl (C=O) groups excluding carboxylic acids is 1. The zero-order valence-electron chi connectivity index (χ0n) is 11.7. The van der Waals surface area contributed by atoms with Crippen LogP contribution in [0.1, 0.15) is 11.3 Å². The molecule has 24 heavy (non-hydrogen) atoms. The summed E-state index contributed by atoms with van der Waals surface area (Å²) < 4.78 is 44.0. The topological polar surface area (TPSA) is 42.2 Å². The van der Waals surface area contributed by atoms with Crippen LogP contribution in [0.4, 0.5) is 13.2 Å². The van der Waals surface area contributed by atoms with Crippen molar-refractivity contribution in [3.63, 3.8) is 0 Å². The average Bonchev–Trinajstić information content (AvgIpc) is 3.05. The minimum atomic E-state index is -4.39. The van der Waals surface area contributed by atoms with Gasteiger partial charge in [0.1, 0.15) is 10.1 Å². The molecule has 2 heterocycles. The molecule has 1 amide bonds. The summed E-state index contributed by atoms with van der Waals surface area (Å²) >= 11 is 7.08. The zero-order chi connectivity index (χ0) is 17.3. The number of nitrogens with one attached hydrogen (secondary N) is 1. The van der Waals surface area contributed by atoms with Crippen molar-refractivity contribution in [1.29, 1.82) is 0 Å². The van der Waals surface area contributed by atoms with Crippen molar-refractivity contribution in [2.75, 3.05) is 0 Å². The molecule has 9 heteroatoms. The van der Waals surface area contributed by atoms with E-state index in [1.165, 1.54) is 12.1 Å². The summed E-state index contributed by atoms with van der Waals surface area (Å²) in [5.74, 6) is 0.125. The lowest BCUT2D eigenvalue weighted by atomic mass is 10.2. The molecule has 0 radical (unpaired) electrons. The van der Waals surface area contributed by atoms with Crippen LogP contribution < -0.4 is 5.32 Å². The number of benzene rings is 1. The molecule has 3 rings (SSSR count). The monoisotopic (exact) mass is 387 g/mol. The first-order valence-electron chi connectivity index (χ1n) is 6.51. The number of alkyl halides is 3. The van der Waals surface area contributed by atoms with Crippen molar-refractivity contribution in [1.82, 2.24) is 5.32 Å². The second-order valence-corrected chi connectivity index (χ2v) is 7.43. The van der Waals surface area contributed by atoms with Gasteiger partial charge in [0.05, 0.1) is 10.5 Å². The molecule has 1 aromatic carbocycles. The molecule has 1 fully saturated rings. The standard InChI is InChI=1S/C15H8F3NO2S3/c16-15(17,18)8-2-1-3-10(6-8)23-12-5-4-9(21-12)7-11-13(20)19-14(22)24-11/h1-7H,(H,19,20,22)/b11-7-. The predicted octanol–water partition coefficient (Wildman–Crippen LogP) is 4.94. The van der Waals surface area contributed by atoms with E-state index in [9.17, 15) is 18.0 Å². The molecule has 1 saturated heterocycles. The maximum Gasteiger partial charge on any atom is 0.416 e. The van der Waals surface area contributed by atoms with Gasteiger partial charge in [0.25, 0.3) is 5.91 Å². The van der Waals surface area contributed by atoms with Crippen LogP contribution in [-0.2, 0) is 11.0 Å². The molecule has 2 aromatic rings. The molecule has 3 nitrogen and oxygen atoms in total. The number of thiocarbonyl (C=S) groups is 1. The van der Waals surface area contributed by atoms with Crippen molar-refractivity contribution < 1.29 is 22.4 Å². The normalized spacial score (nSPS) is 16.7. The minimum absolute atomic E-state index is 0.298. The number of carbonyl (C=O) groups is 1. The summed E-state index contributed by atoms with van der Waals surface area (Å²) in [6.07, 6.45) is -2.85. The Balaban J connectivity index is 1.76. The van der Waals surface area contributed by atoms with Gasteiger partial charge in [-0.3, -0.25) is 4.79 Å². The molecule has 1 N–H and O–H groups in total. The van der Waals surface area contributed by atoms with Crippen molar-refractivity contribution in [3.8, 4) is 0 Å². The number of hydrogen-bond donors (Lipinski definition) is 1. The summed E-state index contributed by atoms with van der Waals surface area (Å²) in [4.78, 5) is 12.4. The van der Waals surface area contributed by atoms with Gasteiger partial charge >= 0.3 is 6.18 Å². The van der Waals surface area contributed by atoms with E-state index in [1.807, 2.05) is 0 Å². The van der Waals surface area contributed by atoms with Crippen LogP contribution in [0.15, 0.2) is 55.7 Å². The molecule has 0 saturated carbocycles. The Bertz CT molecular complexity index is 842. The lowest BCUT2D eigenvalue weighted by Gasteiger charge is -2.07. The number of thioether (sulfide) groups is 1. The van der Waals surface area contributed by atoms with Crippen LogP contribution in [0.3, 0.4) is 0 Å². The zero-order valence-corrected chi connectivity index (χ0v) is 14.2. The van der Waals surface area contributed by atoms with Crippen LogP contribution in [0, 0.1) is 0 Å². The maximum absolute atomic E-state index is 12.7. The summed E-state index contributed by atoms with van der Waals surface area (Å²) in [5, 5.41) is 2.91. The van der Waals surface area contributed by atoms with Gasteiger partial charge in [-0.05, 0) is 30.3 Å². The van der Waals surface area contributed by atoms with E-state index < -0.39 is 11.7 Å². The molecule has 0 bridgehead atoms. The van der Waals surface area contributed by atoms with Gasteiger partial charge in [-0.25, -0.2) is 0 Å². The van der Waals surface area contributed by atoms with Crippen LogP contribution >= 0.6 is 35.7 Å². The van der Waals surface area contributed by atoms with E-state index in [1.54, 1.807) is 18.2 Å². The van der Waals surface area contributed by atoms with Gasteiger partial charge in [-0.1, -0.05) is 41.8 Å². The second-order valence-electron chi connectivity index (χ2n) is 4.64. The lowest BCUT2D eigenvalue weighted by Crippen LogP contribution is -2.17. The Labute approximate surface area is 148 Å². The van der Waals surface area contributed by atoms with Crippen LogP contribution in [0.2, 0.25) is 0 Å². The van der Waals surface area contributed by atoms with Crippen LogP contribution in [0.25, 0.3) is 6.08 Å². The number of furan rings is 1. The highest BCUT2D eigenvalue weighted by Crippen LogP contribution is 2.35. The number of hydrogen-bond acceptors (Lipinski definition) is 5. The smallest absolute Gasteiger partial charge is 0.416 e. The third-order valence-electron chi connectivity index (χ3n) is 2.90. The first-order chi connectivity index (χ1) is 11.3. The molecule has 1 aliphatic heterocycles. The fraction of sp³-hybridized carbons (Fsp3) is 0.0667. The molecular weight excluding hydrogens is 379 g/mol. The first kappa shape index (κ1) is 17.1. The van der Waals surface area contributed by atoms with Gasteiger partial charge in [0, 0.05) is 11.0 Å². The highest BCUT2D eigenvalue weighted by Gasteiger charge is 2.30. The van der Waals surface area contributed by atoms with Gasteiger partial charge in [-0.2, -0.15) is 13.2 Å². The summed E-state index contributed by atoms with van der Waals surface area (Å²) in [6.45, 7) is 0. The van der Waals surface area contributed by atoms with E-state index in [-0.39, 0.29) is 5.91 Å². The van der Waals surface area contributed by atoms with Crippen molar-refractivity contribution in [2.45, 2.75) is 16.2 Å². The van der Waals surface area contributed by atoms with Crippen LogP contribution in [-0.4, -0.2) is 10.2 Å². The fourth-order valence-electron chi connectivity index (χ4n) is 1.87. The van der Waals surface area contributed by atoms with Gasteiger partial charge < -0.3 is 9.73 Å². The fourth-order valence-corrected chi connectivity index (χ4v) is 3.73. The number of halogens is 3. The second kappa shape index (κ2) is 6.66. The third-order valence-corrected chi connectivity index (χ3v) is 4.97. The van der Waals surface area contributed by atoms with E-state index in [0.29, 0.717) is 25.0 Å². The highest BCUT2D eigenvalue weighted by atomic mass is 32.2. The average molecular weight is 387 g/mol. The molecule has 0 spiro atoms. The van der Waals surface area contributed by atoms with E-state index in [2.05, 4.69) is 5.32 Å². The summed E-state index contributed by atoms with van der Waals surface area (Å²) in [7, 11) is 0. The van der Waals surface area contributed by atoms with Crippen molar-refractivity contribution >= 4 is 52.0 Å². The molecule has 1 aliphatic rings. The molecule has 0 atom stereocenters. The van der Waals surface area contributed by atoms with E-state index in [0.717, 1.165) is 35.7 Å². The molecule has 0 unspecified atom stereocenters. The first-order valence-corrected chi connectivity index (χ1v) is 8.55.